The van der Waals surface area contributed by atoms with E-state index in [1.165, 1.54) is 24.3 Å². The van der Waals surface area contributed by atoms with Crippen molar-refractivity contribution >= 4 is 5.91 Å². The summed E-state index contributed by atoms with van der Waals surface area (Å²) in [6, 6.07) is 5.60. The predicted octanol–water partition coefficient (Wildman–Crippen LogP) is 1.41. The minimum atomic E-state index is -0.738. The lowest BCUT2D eigenvalue weighted by atomic mass is 10.1. The van der Waals surface area contributed by atoms with Crippen LogP contribution in [-0.4, -0.2) is 54.3 Å². The highest BCUT2D eigenvalue weighted by atomic mass is 19.1. The van der Waals surface area contributed by atoms with Gasteiger partial charge in [0.2, 0.25) is 5.91 Å². The smallest absolute Gasteiger partial charge is 0.234 e. The van der Waals surface area contributed by atoms with Gasteiger partial charge in [0.15, 0.2) is 0 Å². The van der Waals surface area contributed by atoms with E-state index in [0.717, 1.165) is 0 Å². The molecule has 1 unspecified atom stereocenters. The maximum Gasteiger partial charge on any atom is 0.234 e. The first-order valence-corrected chi connectivity index (χ1v) is 7.22. The predicted molar refractivity (Wildman–Crippen MR) is 83.3 cm³/mol. The third-order valence-corrected chi connectivity index (χ3v) is 2.71. The second-order valence-electron chi connectivity index (χ2n) is 6.41. The highest BCUT2D eigenvalue weighted by Gasteiger charge is 2.16. The van der Waals surface area contributed by atoms with Gasteiger partial charge in [0, 0.05) is 12.1 Å². The maximum atomic E-state index is 12.7. The fourth-order valence-corrected chi connectivity index (χ4v) is 1.90. The third-order valence-electron chi connectivity index (χ3n) is 2.71. The van der Waals surface area contributed by atoms with Gasteiger partial charge in [-0.25, -0.2) is 4.39 Å². The number of carbonyl (C=O) groups excluding carboxylic acids is 1. The molecule has 1 rings (SSSR count). The Kier molecular flexibility index (Phi) is 6.77. The first-order valence-electron chi connectivity index (χ1n) is 7.22. The molecular weight excluding hydrogens is 287 g/mol. The molecular formula is C16H25FN2O3. The van der Waals surface area contributed by atoms with Crippen molar-refractivity contribution in [3.8, 4) is 5.75 Å². The van der Waals surface area contributed by atoms with Gasteiger partial charge in [-0.05, 0) is 52.1 Å². The van der Waals surface area contributed by atoms with Crippen LogP contribution < -0.4 is 10.1 Å². The molecule has 0 aliphatic heterocycles. The fourth-order valence-electron chi connectivity index (χ4n) is 1.90. The maximum absolute atomic E-state index is 12.7. The summed E-state index contributed by atoms with van der Waals surface area (Å²) in [6.07, 6.45) is -0.738. The number of aliphatic hydroxyl groups excluding tert-OH is 1. The molecule has 5 nitrogen and oxygen atoms in total. The number of hydrogen-bond acceptors (Lipinski definition) is 4. The zero-order chi connectivity index (χ0) is 16.8. The second kappa shape index (κ2) is 8.10. The van der Waals surface area contributed by atoms with Gasteiger partial charge < -0.3 is 15.2 Å². The summed E-state index contributed by atoms with van der Waals surface area (Å²) in [6.45, 7) is 6.32. The average Bonchev–Trinajstić information content (AvgIpc) is 2.35. The van der Waals surface area contributed by atoms with Crippen molar-refractivity contribution in [2.75, 3.05) is 26.7 Å². The van der Waals surface area contributed by atoms with Crippen molar-refractivity contribution in [1.82, 2.24) is 10.2 Å². The zero-order valence-electron chi connectivity index (χ0n) is 13.6. The van der Waals surface area contributed by atoms with Crippen LogP contribution in [0.3, 0.4) is 0 Å². The molecule has 22 heavy (non-hydrogen) atoms. The van der Waals surface area contributed by atoms with Gasteiger partial charge in [0.05, 0.1) is 6.54 Å². The average molecular weight is 312 g/mol. The fraction of sp³-hybridized carbons (Fsp3) is 0.562. The minimum Gasteiger partial charge on any atom is -0.491 e. The summed E-state index contributed by atoms with van der Waals surface area (Å²) < 4.78 is 18.1. The zero-order valence-corrected chi connectivity index (χ0v) is 13.6. The van der Waals surface area contributed by atoms with Crippen LogP contribution in [0.25, 0.3) is 0 Å². The van der Waals surface area contributed by atoms with Crippen LogP contribution in [-0.2, 0) is 4.79 Å². The molecule has 124 valence electrons. The van der Waals surface area contributed by atoms with E-state index >= 15 is 0 Å². The van der Waals surface area contributed by atoms with Crippen molar-refractivity contribution in [2.45, 2.75) is 32.4 Å². The molecule has 0 fully saturated rings. The number of aliphatic hydroxyl groups is 1. The van der Waals surface area contributed by atoms with E-state index < -0.39 is 6.10 Å². The van der Waals surface area contributed by atoms with E-state index in [0.29, 0.717) is 12.3 Å². The molecule has 2 N–H and O–H groups in total. The first-order chi connectivity index (χ1) is 10.2. The van der Waals surface area contributed by atoms with Gasteiger partial charge in [0.25, 0.3) is 0 Å². The summed E-state index contributed by atoms with van der Waals surface area (Å²) >= 11 is 0. The Morgan fingerprint density at radius 1 is 1.36 bits per heavy atom. The highest BCUT2D eigenvalue weighted by Crippen LogP contribution is 2.11. The molecule has 0 aromatic heterocycles. The number of nitrogens with one attached hydrogen (secondary N) is 1. The lowest BCUT2D eigenvalue weighted by Gasteiger charge is -2.24. The van der Waals surface area contributed by atoms with Crippen molar-refractivity contribution < 1.29 is 19.0 Å². The van der Waals surface area contributed by atoms with Crippen molar-refractivity contribution in [3.05, 3.63) is 30.1 Å². The van der Waals surface area contributed by atoms with Crippen LogP contribution in [0.4, 0.5) is 4.39 Å². The van der Waals surface area contributed by atoms with E-state index in [1.54, 1.807) is 11.9 Å². The summed E-state index contributed by atoms with van der Waals surface area (Å²) in [5, 5.41) is 12.8. The van der Waals surface area contributed by atoms with Crippen molar-refractivity contribution in [3.63, 3.8) is 0 Å². The molecule has 0 spiro atoms. The van der Waals surface area contributed by atoms with Gasteiger partial charge in [-0.3, -0.25) is 9.69 Å². The standard InChI is InChI=1S/C16H25FN2O3/c1-16(2,3)18-15(21)10-19(4)9-13(20)11-22-14-7-5-12(17)6-8-14/h5-8,13,20H,9-11H2,1-4H3,(H,18,21). The number of benzene rings is 1. The number of rotatable bonds is 7. The summed E-state index contributed by atoms with van der Waals surface area (Å²) in [4.78, 5) is 13.5. The Labute approximate surface area is 131 Å². The Bertz CT molecular complexity index is 471. The molecule has 0 radical (unpaired) electrons. The molecule has 0 aliphatic rings. The van der Waals surface area contributed by atoms with E-state index in [4.69, 9.17) is 4.74 Å². The minimum absolute atomic E-state index is 0.0802. The number of likely N-dealkylation sites (N-methyl/N-ethyl adjacent to an activating group) is 1. The van der Waals surface area contributed by atoms with Gasteiger partial charge in [-0.2, -0.15) is 0 Å². The van der Waals surface area contributed by atoms with E-state index in [9.17, 15) is 14.3 Å². The van der Waals surface area contributed by atoms with Crippen LogP contribution in [0, 0.1) is 5.82 Å². The Hall–Kier alpha value is -1.66. The van der Waals surface area contributed by atoms with Crippen LogP contribution in [0.1, 0.15) is 20.8 Å². The SMILES string of the molecule is CN(CC(=O)NC(C)(C)C)CC(O)COc1ccc(F)cc1. The number of nitrogens with zero attached hydrogens (tertiary/aromatic N) is 1. The van der Waals surface area contributed by atoms with Crippen LogP contribution in [0.5, 0.6) is 5.75 Å². The van der Waals surface area contributed by atoms with E-state index in [-0.39, 0.29) is 30.4 Å². The molecule has 1 aromatic carbocycles. The second-order valence-corrected chi connectivity index (χ2v) is 6.41. The van der Waals surface area contributed by atoms with Crippen LogP contribution >= 0.6 is 0 Å². The molecule has 6 heteroatoms. The summed E-state index contributed by atoms with van der Waals surface area (Å²) in [5.74, 6) is 0.0627. The Balaban J connectivity index is 2.30. The molecule has 1 aromatic rings. The van der Waals surface area contributed by atoms with Crippen molar-refractivity contribution in [1.29, 1.82) is 0 Å². The van der Waals surface area contributed by atoms with Crippen LogP contribution in [0.2, 0.25) is 0 Å². The van der Waals surface area contributed by atoms with Crippen molar-refractivity contribution in [2.24, 2.45) is 0 Å². The molecule has 0 saturated heterocycles. The topological polar surface area (TPSA) is 61.8 Å². The normalized spacial score (nSPS) is 13.0. The van der Waals surface area contributed by atoms with Crippen LogP contribution in [0.15, 0.2) is 24.3 Å². The molecule has 0 bridgehead atoms. The quantitative estimate of drug-likeness (QED) is 0.799. The Morgan fingerprint density at radius 3 is 2.50 bits per heavy atom. The molecule has 0 heterocycles. The summed E-state index contributed by atoms with van der Waals surface area (Å²) in [7, 11) is 1.75. The third kappa shape index (κ3) is 7.95. The van der Waals surface area contributed by atoms with Gasteiger partial charge in [-0.15, -0.1) is 0 Å². The first kappa shape index (κ1) is 18.4. The monoisotopic (exact) mass is 312 g/mol. The number of hydrogen-bond donors (Lipinski definition) is 2. The van der Waals surface area contributed by atoms with Gasteiger partial charge in [-0.1, -0.05) is 0 Å². The van der Waals surface area contributed by atoms with Gasteiger partial charge in [0.1, 0.15) is 24.3 Å². The number of carbonyl (C=O) groups is 1. The number of halogens is 1. The lowest BCUT2D eigenvalue weighted by Crippen LogP contribution is -2.46. The highest BCUT2D eigenvalue weighted by molar-refractivity contribution is 5.78. The summed E-state index contributed by atoms with van der Waals surface area (Å²) in [5.41, 5.74) is -0.276. The molecule has 1 atom stereocenters. The molecule has 0 saturated carbocycles. The molecule has 1 amide bonds. The number of ether oxygens (including phenoxy) is 1. The lowest BCUT2D eigenvalue weighted by molar-refractivity contribution is -0.123. The van der Waals surface area contributed by atoms with E-state index in [1.807, 2.05) is 20.8 Å². The molecule has 0 aliphatic carbocycles. The largest absolute Gasteiger partial charge is 0.491 e. The Morgan fingerprint density at radius 2 is 1.95 bits per heavy atom. The van der Waals surface area contributed by atoms with Gasteiger partial charge >= 0.3 is 0 Å². The number of amides is 1. The van der Waals surface area contributed by atoms with E-state index in [2.05, 4.69) is 5.32 Å².